The summed E-state index contributed by atoms with van der Waals surface area (Å²) in [5.74, 6) is 0.0631. The van der Waals surface area contributed by atoms with Crippen molar-refractivity contribution >= 4 is 12.1 Å². The molecule has 0 unspecified atom stereocenters. The first-order valence-electron chi connectivity index (χ1n) is 11.5. The van der Waals surface area contributed by atoms with Crippen LogP contribution in [0.2, 0.25) is 0 Å². The first kappa shape index (κ1) is 26.0. The van der Waals surface area contributed by atoms with Crippen LogP contribution < -0.4 is 10.1 Å². The third-order valence-electron chi connectivity index (χ3n) is 5.68. The normalized spacial score (nSPS) is 15.6. The van der Waals surface area contributed by atoms with E-state index in [9.17, 15) is 14.7 Å². The Morgan fingerprint density at radius 1 is 1.11 bits per heavy atom. The van der Waals surface area contributed by atoms with Gasteiger partial charge >= 0.3 is 12.1 Å². The summed E-state index contributed by atoms with van der Waals surface area (Å²) in [6, 6.07) is 16.3. The Bertz CT molecular complexity index is 1010. The minimum absolute atomic E-state index is 0.197. The van der Waals surface area contributed by atoms with E-state index in [0.29, 0.717) is 25.4 Å². The van der Waals surface area contributed by atoms with Gasteiger partial charge in [0.25, 0.3) is 0 Å². The number of amides is 1. The number of nitrogens with zero attached hydrogens (tertiary/aromatic N) is 1. The van der Waals surface area contributed by atoms with Crippen LogP contribution in [0, 0.1) is 0 Å². The molecule has 35 heavy (non-hydrogen) atoms. The van der Waals surface area contributed by atoms with E-state index in [1.807, 2.05) is 54.6 Å². The van der Waals surface area contributed by atoms with Crippen LogP contribution >= 0.6 is 0 Å². The lowest BCUT2D eigenvalue weighted by Crippen LogP contribution is -2.51. The van der Waals surface area contributed by atoms with Gasteiger partial charge in [-0.2, -0.15) is 0 Å². The smallest absolute Gasteiger partial charge is 0.411 e. The van der Waals surface area contributed by atoms with Crippen LogP contribution in [0.1, 0.15) is 24.1 Å². The average Bonchev–Trinajstić information content (AvgIpc) is 3.44. The molecule has 0 aliphatic carbocycles. The molecule has 2 N–H and O–H groups in total. The fraction of sp³-hybridized carbons (Fsp3) is 0.333. The lowest BCUT2D eigenvalue weighted by molar-refractivity contribution is -0.137. The zero-order valence-corrected chi connectivity index (χ0v) is 20.1. The van der Waals surface area contributed by atoms with E-state index < -0.39 is 30.3 Å². The summed E-state index contributed by atoms with van der Waals surface area (Å²) in [4.78, 5) is 26.7. The van der Waals surface area contributed by atoms with Crippen LogP contribution in [-0.2, 0) is 20.8 Å². The minimum Gasteiger partial charge on any atom is -0.497 e. The van der Waals surface area contributed by atoms with E-state index >= 15 is 0 Å². The third-order valence-corrected chi connectivity index (χ3v) is 5.68. The van der Waals surface area contributed by atoms with Crippen LogP contribution in [0.3, 0.4) is 0 Å². The fourth-order valence-electron chi connectivity index (χ4n) is 3.80. The second-order valence-corrected chi connectivity index (χ2v) is 8.02. The fourth-order valence-corrected chi connectivity index (χ4v) is 3.80. The summed E-state index contributed by atoms with van der Waals surface area (Å²) in [6.07, 6.45) is 5.73. The quantitative estimate of drug-likeness (QED) is 0.289. The molecule has 2 aromatic rings. The molecule has 0 aromatic heterocycles. The van der Waals surface area contributed by atoms with Crippen molar-refractivity contribution in [3.63, 3.8) is 0 Å². The molecule has 2 aromatic carbocycles. The van der Waals surface area contributed by atoms with Gasteiger partial charge < -0.3 is 29.5 Å². The van der Waals surface area contributed by atoms with Crippen LogP contribution in [0.5, 0.6) is 5.75 Å². The van der Waals surface area contributed by atoms with Crippen LogP contribution in [0.25, 0.3) is 0 Å². The Labute approximate surface area is 205 Å². The van der Waals surface area contributed by atoms with E-state index in [1.54, 1.807) is 26.2 Å². The highest BCUT2D eigenvalue weighted by molar-refractivity contribution is 5.82. The van der Waals surface area contributed by atoms with Gasteiger partial charge in [-0.1, -0.05) is 54.6 Å². The van der Waals surface area contributed by atoms with E-state index in [0.717, 1.165) is 11.1 Å². The molecule has 1 heterocycles. The molecule has 0 radical (unpaired) electrons. The van der Waals surface area contributed by atoms with Gasteiger partial charge in [0.05, 0.1) is 26.4 Å². The molecule has 8 nitrogen and oxygen atoms in total. The standard InChI is InChI=1S/C27H32N2O6/c1-3-34-24(31)15-16-27(20-30,35-26(32)29-17-7-8-18-29)25(22-11-13-23(33-2)14-12-22)28-19-21-9-5-4-6-10-21/h4-16,25,28,30H,3,17-20H2,1-2H3/b16-15+/t25-,27-/m0/s1. The lowest BCUT2D eigenvalue weighted by atomic mass is 9.87. The van der Waals surface area contributed by atoms with E-state index in [2.05, 4.69) is 5.32 Å². The Kier molecular flexibility index (Phi) is 9.46. The van der Waals surface area contributed by atoms with Gasteiger partial charge in [-0.3, -0.25) is 0 Å². The maximum absolute atomic E-state index is 13.1. The second-order valence-electron chi connectivity index (χ2n) is 8.02. The summed E-state index contributed by atoms with van der Waals surface area (Å²) < 4.78 is 16.3. The SMILES string of the molecule is CCOC(=O)/C=C/[C@@](CO)(OC(=O)N1CC=CC1)[C@@H](NCc1ccccc1)c1ccc(OC)cc1. The number of carbonyl (C=O) groups excluding carboxylic acids is 2. The number of rotatable bonds is 11. The number of methoxy groups -OCH3 is 1. The summed E-state index contributed by atoms with van der Waals surface area (Å²) in [6.45, 7) is 2.57. The van der Waals surface area contributed by atoms with Crippen molar-refractivity contribution in [3.8, 4) is 5.75 Å². The maximum Gasteiger partial charge on any atom is 0.411 e. The van der Waals surface area contributed by atoms with Crippen molar-refractivity contribution < 1.29 is 28.9 Å². The molecular weight excluding hydrogens is 448 g/mol. The van der Waals surface area contributed by atoms with Crippen LogP contribution in [-0.4, -0.2) is 61.1 Å². The lowest BCUT2D eigenvalue weighted by Gasteiger charge is -2.38. The van der Waals surface area contributed by atoms with Gasteiger partial charge in [-0.15, -0.1) is 0 Å². The Morgan fingerprint density at radius 2 is 1.80 bits per heavy atom. The highest BCUT2D eigenvalue weighted by Crippen LogP contribution is 2.33. The van der Waals surface area contributed by atoms with Crippen LogP contribution in [0.15, 0.2) is 78.9 Å². The number of esters is 1. The molecule has 8 heteroatoms. The van der Waals surface area contributed by atoms with Crippen LogP contribution in [0.4, 0.5) is 4.79 Å². The number of nitrogens with one attached hydrogen (secondary N) is 1. The molecule has 2 atom stereocenters. The van der Waals surface area contributed by atoms with Crippen molar-refractivity contribution in [1.82, 2.24) is 10.2 Å². The molecule has 3 rings (SSSR count). The van der Waals surface area contributed by atoms with Gasteiger partial charge in [0.15, 0.2) is 5.60 Å². The minimum atomic E-state index is -1.60. The Hall–Kier alpha value is -3.62. The maximum atomic E-state index is 13.1. The molecule has 0 bridgehead atoms. The number of ether oxygens (including phenoxy) is 3. The summed E-state index contributed by atoms with van der Waals surface area (Å²) in [5, 5.41) is 14.1. The number of aliphatic hydroxyl groups excluding tert-OH is 1. The first-order valence-corrected chi connectivity index (χ1v) is 11.5. The monoisotopic (exact) mass is 480 g/mol. The molecule has 186 valence electrons. The van der Waals surface area contributed by atoms with Crippen molar-refractivity contribution in [3.05, 3.63) is 90.0 Å². The van der Waals surface area contributed by atoms with E-state index in [-0.39, 0.29) is 6.61 Å². The Morgan fingerprint density at radius 3 is 2.40 bits per heavy atom. The zero-order valence-electron chi connectivity index (χ0n) is 20.1. The molecule has 1 aliphatic heterocycles. The van der Waals surface area contributed by atoms with Crippen molar-refractivity contribution in [2.75, 3.05) is 33.4 Å². The molecule has 1 aliphatic rings. The van der Waals surface area contributed by atoms with Gasteiger partial charge in [0.1, 0.15) is 5.75 Å². The zero-order chi connectivity index (χ0) is 25.1. The van der Waals surface area contributed by atoms with Gasteiger partial charge in [-0.25, -0.2) is 9.59 Å². The average molecular weight is 481 g/mol. The highest BCUT2D eigenvalue weighted by atomic mass is 16.6. The molecule has 1 amide bonds. The summed E-state index contributed by atoms with van der Waals surface area (Å²) in [7, 11) is 1.58. The number of aliphatic hydroxyl groups is 1. The molecule has 0 saturated carbocycles. The van der Waals surface area contributed by atoms with E-state index in [4.69, 9.17) is 14.2 Å². The largest absolute Gasteiger partial charge is 0.497 e. The molecule has 0 saturated heterocycles. The van der Waals surface area contributed by atoms with Gasteiger partial charge in [0, 0.05) is 25.7 Å². The predicted molar refractivity (Wildman–Crippen MR) is 132 cm³/mol. The predicted octanol–water partition coefficient (Wildman–Crippen LogP) is 3.38. The van der Waals surface area contributed by atoms with E-state index in [1.165, 1.54) is 17.1 Å². The van der Waals surface area contributed by atoms with Gasteiger partial charge in [-0.05, 0) is 36.3 Å². The van der Waals surface area contributed by atoms with Crippen molar-refractivity contribution in [1.29, 1.82) is 0 Å². The number of carbonyl (C=O) groups is 2. The molecular formula is C27H32N2O6. The number of hydrogen-bond acceptors (Lipinski definition) is 7. The summed E-state index contributed by atoms with van der Waals surface area (Å²) in [5.41, 5.74) is 0.134. The number of hydrogen-bond donors (Lipinski definition) is 2. The van der Waals surface area contributed by atoms with Gasteiger partial charge in [0.2, 0.25) is 0 Å². The molecule has 0 fully saturated rings. The second kappa shape index (κ2) is 12.7. The third kappa shape index (κ3) is 6.94. The van der Waals surface area contributed by atoms with Crippen molar-refractivity contribution in [2.24, 2.45) is 0 Å². The summed E-state index contributed by atoms with van der Waals surface area (Å²) >= 11 is 0. The Balaban J connectivity index is 2.01. The number of benzene rings is 2. The topological polar surface area (TPSA) is 97.3 Å². The first-order chi connectivity index (χ1) is 17.0. The highest BCUT2D eigenvalue weighted by Gasteiger charge is 2.42. The molecule has 0 spiro atoms. The van der Waals surface area contributed by atoms with Crippen molar-refractivity contribution in [2.45, 2.75) is 25.1 Å².